The minimum atomic E-state index is 0.189. The highest BCUT2D eigenvalue weighted by molar-refractivity contribution is 7.18. The Morgan fingerprint density at radius 2 is 2.14 bits per heavy atom. The van der Waals surface area contributed by atoms with Gasteiger partial charge in [0.2, 0.25) is 0 Å². The molecule has 1 aromatic carbocycles. The first-order valence-corrected chi connectivity index (χ1v) is 8.80. The van der Waals surface area contributed by atoms with E-state index >= 15 is 0 Å². The summed E-state index contributed by atoms with van der Waals surface area (Å²) in [4.78, 5) is 6.92. The first-order chi connectivity index (χ1) is 10.6. The number of aromatic nitrogens is 1. The minimum absolute atomic E-state index is 0.189. The van der Waals surface area contributed by atoms with Crippen molar-refractivity contribution >= 4 is 21.6 Å². The Kier molecular flexibility index (Phi) is 6.61. The van der Waals surface area contributed by atoms with E-state index in [-0.39, 0.29) is 6.61 Å². The van der Waals surface area contributed by atoms with E-state index in [2.05, 4.69) is 31.7 Å². The number of thiazole rings is 1. The van der Waals surface area contributed by atoms with E-state index in [1.807, 2.05) is 12.1 Å². The lowest BCUT2D eigenvalue weighted by Crippen LogP contribution is -2.30. The van der Waals surface area contributed by atoms with Gasteiger partial charge >= 0.3 is 0 Å². The third kappa shape index (κ3) is 4.66. The molecule has 0 saturated heterocycles. The Balaban J connectivity index is 2.02. The molecule has 0 atom stereocenters. The summed E-state index contributed by atoms with van der Waals surface area (Å²) in [7, 11) is 0. The number of rotatable bonds is 9. The molecule has 0 unspecified atom stereocenters. The monoisotopic (exact) mass is 322 g/mol. The standard InChI is InChI=1S/C17H26N2O2S/c1-4-19(8-10-20)9-11-21-14-6-5-7-15-17(14)18-16(22-15)12-13(2)3/h5-7,13,20H,4,8-12H2,1-3H3. The quantitative estimate of drug-likeness (QED) is 0.770. The summed E-state index contributed by atoms with van der Waals surface area (Å²) in [5, 5.41) is 10.2. The number of nitrogens with zero attached hydrogens (tertiary/aromatic N) is 2. The Hall–Kier alpha value is -1.17. The molecule has 2 rings (SSSR count). The fourth-order valence-electron chi connectivity index (χ4n) is 2.38. The van der Waals surface area contributed by atoms with Crippen molar-refractivity contribution in [2.24, 2.45) is 5.92 Å². The first-order valence-electron chi connectivity index (χ1n) is 7.98. The van der Waals surface area contributed by atoms with Crippen LogP contribution >= 0.6 is 11.3 Å². The average Bonchev–Trinajstić information content (AvgIpc) is 2.88. The maximum Gasteiger partial charge on any atom is 0.146 e. The number of fused-ring (bicyclic) bond motifs is 1. The predicted molar refractivity (Wildman–Crippen MR) is 92.9 cm³/mol. The second kappa shape index (κ2) is 8.46. The van der Waals surface area contributed by atoms with Crippen molar-refractivity contribution in [1.82, 2.24) is 9.88 Å². The molecule has 0 spiro atoms. The van der Waals surface area contributed by atoms with Gasteiger partial charge in [0.25, 0.3) is 0 Å². The van der Waals surface area contributed by atoms with Crippen LogP contribution in [0.1, 0.15) is 25.8 Å². The number of aliphatic hydroxyl groups excluding tert-OH is 1. The summed E-state index contributed by atoms with van der Waals surface area (Å²) in [6, 6.07) is 6.12. The van der Waals surface area contributed by atoms with Crippen molar-refractivity contribution < 1.29 is 9.84 Å². The zero-order valence-electron chi connectivity index (χ0n) is 13.7. The summed E-state index contributed by atoms with van der Waals surface area (Å²) < 4.78 is 7.13. The molecule has 0 aliphatic rings. The summed E-state index contributed by atoms with van der Waals surface area (Å²) in [5.41, 5.74) is 0.980. The fraction of sp³-hybridized carbons (Fsp3) is 0.588. The lowest BCUT2D eigenvalue weighted by atomic mass is 10.1. The number of para-hydroxylation sites is 1. The van der Waals surface area contributed by atoms with Gasteiger partial charge in [-0.05, 0) is 24.6 Å². The Morgan fingerprint density at radius 3 is 2.82 bits per heavy atom. The molecule has 22 heavy (non-hydrogen) atoms. The highest BCUT2D eigenvalue weighted by atomic mass is 32.1. The van der Waals surface area contributed by atoms with E-state index in [4.69, 9.17) is 14.8 Å². The van der Waals surface area contributed by atoms with E-state index in [1.165, 1.54) is 9.71 Å². The second-order valence-electron chi connectivity index (χ2n) is 5.81. The number of hydrogen-bond acceptors (Lipinski definition) is 5. The molecule has 0 radical (unpaired) electrons. The summed E-state index contributed by atoms with van der Waals surface area (Å²) in [5.74, 6) is 1.48. The smallest absolute Gasteiger partial charge is 0.146 e. The van der Waals surface area contributed by atoms with Crippen molar-refractivity contribution in [3.8, 4) is 5.75 Å². The van der Waals surface area contributed by atoms with Gasteiger partial charge in [-0.1, -0.05) is 26.8 Å². The number of likely N-dealkylation sites (N-methyl/N-ethyl adjacent to an activating group) is 1. The molecule has 122 valence electrons. The van der Waals surface area contributed by atoms with Gasteiger partial charge in [0.15, 0.2) is 0 Å². The maximum absolute atomic E-state index is 9.01. The van der Waals surface area contributed by atoms with E-state index in [0.717, 1.165) is 30.8 Å². The summed E-state index contributed by atoms with van der Waals surface area (Å²) in [6.07, 6.45) is 1.01. The molecule has 5 heteroatoms. The summed E-state index contributed by atoms with van der Waals surface area (Å²) >= 11 is 1.76. The topological polar surface area (TPSA) is 45.6 Å². The third-order valence-corrected chi connectivity index (χ3v) is 4.58. The third-order valence-electron chi connectivity index (χ3n) is 3.54. The normalized spacial score (nSPS) is 11.7. The van der Waals surface area contributed by atoms with E-state index in [0.29, 0.717) is 19.1 Å². The molecular weight excluding hydrogens is 296 g/mol. The minimum Gasteiger partial charge on any atom is -0.490 e. The molecule has 0 aliphatic carbocycles. The Morgan fingerprint density at radius 1 is 1.32 bits per heavy atom. The van der Waals surface area contributed by atoms with Crippen LogP contribution in [0.5, 0.6) is 5.75 Å². The number of ether oxygens (including phenoxy) is 1. The second-order valence-corrected chi connectivity index (χ2v) is 6.93. The van der Waals surface area contributed by atoms with E-state index in [9.17, 15) is 0 Å². The van der Waals surface area contributed by atoms with Crippen LogP contribution in [0.2, 0.25) is 0 Å². The zero-order chi connectivity index (χ0) is 15.9. The van der Waals surface area contributed by atoms with Crippen LogP contribution in [0.15, 0.2) is 18.2 Å². The van der Waals surface area contributed by atoms with Gasteiger partial charge in [0.1, 0.15) is 17.9 Å². The van der Waals surface area contributed by atoms with Crippen molar-refractivity contribution in [1.29, 1.82) is 0 Å². The van der Waals surface area contributed by atoms with Crippen molar-refractivity contribution in [3.63, 3.8) is 0 Å². The van der Waals surface area contributed by atoms with Crippen molar-refractivity contribution in [2.45, 2.75) is 27.2 Å². The molecule has 2 aromatic rings. The SMILES string of the molecule is CCN(CCO)CCOc1cccc2sc(CC(C)C)nc12. The van der Waals surface area contributed by atoms with Gasteiger partial charge in [-0.25, -0.2) is 4.98 Å². The van der Waals surface area contributed by atoms with Gasteiger partial charge in [-0.3, -0.25) is 4.90 Å². The fourth-order valence-corrected chi connectivity index (χ4v) is 3.57. The zero-order valence-corrected chi connectivity index (χ0v) is 14.5. The van der Waals surface area contributed by atoms with Gasteiger partial charge in [-0.15, -0.1) is 11.3 Å². The Labute approximate surface area is 136 Å². The van der Waals surface area contributed by atoms with Crippen LogP contribution in [0.4, 0.5) is 0 Å². The predicted octanol–water partition coefficient (Wildman–Crippen LogP) is 3.19. The van der Waals surface area contributed by atoms with Crippen LogP contribution < -0.4 is 4.74 Å². The lowest BCUT2D eigenvalue weighted by molar-refractivity contribution is 0.174. The molecule has 1 aromatic heterocycles. The largest absolute Gasteiger partial charge is 0.490 e. The van der Waals surface area contributed by atoms with E-state index in [1.54, 1.807) is 11.3 Å². The molecule has 1 heterocycles. The highest BCUT2D eigenvalue weighted by Gasteiger charge is 2.10. The molecular formula is C17H26N2O2S. The van der Waals surface area contributed by atoms with Gasteiger partial charge in [-0.2, -0.15) is 0 Å². The van der Waals surface area contributed by atoms with Gasteiger partial charge in [0.05, 0.1) is 16.3 Å². The van der Waals surface area contributed by atoms with E-state index < -0.39 is 0 Å². The number of aliphatic hydroxyl groups is 1. The highest BCUT2D eigenvalue weighted by Crippen LogP contribution is 2.30. The molecule has 0 amide bonds. The van der Waals surface area contributed by atoms with Crippen LogP contribution in [0, 0.1) is 5.92 Å². The van der Waals surface area contributed by atoms with Crippen molar-refractivity contribution in [2.75, 3.05) is 32.8 Å². The lowest BCUT2D eigenvalue weighted by Gasteiger charge is -2.19. The van der Waals surface area contributed by atoms with Crippen LogP contribution in [-0.4, -0.2) is 47.8 Å². The van der Waals surface area contributed by atoms with Crippen LogP contribution in [0.3, 0.4) is 0 Å². The average molecular weight is 322 g/mol. The first kappa shape index (κ1) is 17.2. The number of hydrogen-bond donors (Lipinski definition) is 1. The van der Waals surface area contributed by atoms with Crippen LogP contribution in [-0.2, 0) is 6.42 Å². The van der Waals surface area contributed by atoms with Gasteiger partial charge < -0.3 is 9.84 Å². The van der Waals surface area contributed by atoms with Gasteiger partial charge in [0, 0.05) is 19.5 Å². The maximum atomic E-state index is 9.01. The summed E-state index contributed by atoms with van der Waals surface area (Å²) in [6.45, 7) is 9.75. The molecule has 0 aliphatic heterocycles. The van der Waals surface area contributed by atoms with Crippen LogP contribution in [0.25, 0.3) is 10.2 Å². The Bertz CT molecular complexity index is 583. The number of benzene rings is 1. The molecule has 0 saturated carbocycles. The molecule has 0 bridgehead atoms. The van der Waals surface area contributed by atoms with Crippen molar-refractivity contribution in [3.05, 3.63) is 23.2 Å². The molecule has 1 N–H and O–H groups in total. The molecule has 4 nitrogen and oxygen atoms in total. The molecule has 0 fully saturated rings.